The summed E-state index contributed by atoms with van der Waals surface area (Å²) in [7, 11) is 0. The molecule has 1 N–H and O–H groups in total. The van der Waals surface area contributed by atoms with Crippen LogP contribution in [0.2, 0.25) is 0 Å². The van der Waals surface area contributed by atoms with Crippen LogP contribution in [0.4, 0.5) is 5.82 Å². The van der Waals surface area contributed by atoms with Crippen LogP contribution in [-0.2, 0) is 4.74 Å². The molecule has 2 fully saturated rings. The van der Waals surface area contributed by atoms with Gasteiger partial charge in [0.15, 0.2) is 0 Å². The number of fused-ring (bicyclic) bond motifs is 1. The van der Waals surface area contributed by atoms with Gasteiger partial charge in [-0.15, -0.1) is 0 Å². The summed E-state index contributed by atoms with van der Waals surface area (Å²) in [6, 6.07) is 6.62. The van der Waals surface area contributed by atoms with Gasteiger partial charge in [0.05, 0.1) is 12.1 Å². The Balaban J connectivity index is 1.37. The van der Waals surface area contributed by atoms with Crippen LogP contribution in [0.1, 0.15) is 19.3 Å². The first-order chi connectivity index (χ1) is 11.8. The molecule has 0 saturated carbocycles. The number of likely N-dealkylation sites (tertiary alicyclic amines) is 1. The van der Waals surface area contributed by atoms with Gasteiger partial charge in [0.2, 0.25) is 0 Å². The predicted molar refractivity (Wildman–Crippen MR) is 99.2 cm³/mol. The highest BCUT2D eigenvalue weighted by atomic mass is 79.9. The first-order valence-electron chi connectivity index (χ1n) is 8.75. The number of hydrogen-bond donors (Lipinski definition) is 1. The molecule has 1 aromatic carbocycles. The summed E-state index contributed by atoms with van der Waals surface area (Å²) in [5.41, 5.74) is 0.981. The highest BCUT2D eigenvalue weighted by Crippen LogP contribution is 2.25. The van der Waals surface area contributed by atoms with Crippen molar-refractivity contribution in [2.24, 2.45) is 5.92 Å². The van der Waals surface area contributed by atoms with Crippen molar-refractivity contribution in [3.63, 3.8) is 0 Å². The normalized spacial score (nSPS) is 23.0. The second kappa shape index (κ2) is 7.33. The number of anilines is 1. The quantitative estimate of drug-likeness (QED) is 0.867. The Bertz CT molecular complexity index is 696. The molecule has 2 aliphatic heterocycles. The first kappa shape index (κ1) is 16.2. The second-order valence-corrected chi connectivity index (χ2v) is 7.75. The average molecular weight is 391 g/mol. The van der Waals surface area contributed by atoms with Crippen LogP contribution >= 0.6 is 15.9 Å². The zero-order valence-electron chi connectivity index (χ0n) is 13.7. The molecule has 2 aliphatic rings. The Hall–Kier alpha value is -1.24. The largest absolute Gasteiger partial charge is 0.381 e. The van der Waals surface area contributed by atoms with Gasteiger partial charge in [-0.3, -0.25) is 0 Å². The minimum atomic E-state index is 0.484. The number of nitrogens with zero attached hydrogens (tertiary/aromatic N) is 3. The number of rotatable bonds is 4. The number of hydrogen-bond acceptors (Lipinski definition) is 5. The molecule has 1 aromatic heterocycles. The number of aromatic nitrogens is 2. The lowest BCUT2D eigenvalue weighted by molar-refractivity contribution is 0.154. The van der Waals surface area contributed by atoms with E-state index in [0.717, 1.165) is 66.3 Å². The Morgan fingerprint density at radius 1 is 1.21 bits per heavy atom. The SMILES string of the molecule is Brc1ccc2ncnc(NC3CCN(CC4CCOC4)CC3)c2c1. The summed E-state index contributed by atoms with van der Waals surface area (Å²) < 4.78 is 6.55. The Morgan fingerprint density at radius 2 is 2.08 bits per heavy atom. The van der Waals surface area contributed by atoms with E-state index >= 15 is 0 Å². The Labute approximate surface area is 150 Å². The third-order valence-corrected chi connectivity index (χ3v) is 5.56. The van der Waals surface area contributed by atoms with Crippen LogP contribution in [0.25, 0.3) is 10.9 Å². The fourth-order valence-corrected chi connectivity index (χ4v) is 4.05. The molecule has 3 heterocycles. The van der Waals surface area contributed by atoms with E-state index in [1.165, 1.54) is 13.0 Å². The summed E-state index contributed by atoms with van der Waals surface area (Å²) in [4.78, 5) is 11.4. The molecule has 2 aromatic rings. The lowest BCUT2D eigenvalue weighted by atomic mass is 10.0. The van der Waals surface area contributed by atoms with Gasteiger partial charge >= 0.3 is 0 Å². The maximum absolute atomic E-state index is 5.49. The fourth-order valence-electron chi connectivity index (χ4n) is 3.69. The monoisotopic (exact) mass is 390 g/mol. The Morgan fingerprint density at radius 3 is 2.88 bits per heavy atom. The van der Waals surface area contributed by atoms with Gasteiger partial charge in [-0.25, -0.2) is 9.97 Å². The molecule has 6 heteroatoms. The molecule has 0 aliphatic carbocycles. The van der Waals surface area contributed by atoms with Gasteiger partial charge in [0.1, 0.15) is 12.1 Å². The first-order valence-corrected chi connectivity index (χ1v) is 9.54. The molecule has 0 amide bonds. The fraction of sp³-hybridized carbons (Fsp3) is 0.556. The van der Waals surface area contributed by atoms with Gasteiger partial charge in [-0.05, 0) is 43.4 Å². The smallest absolute Gasteiger partial charge is 0.137 e. The Kier molecular flexibility index (Phi) is 4.96. The molecular formula is C18H23BrN4O. The van der Waals surface area contributed by atoms with Crippen molar-refractivity contribution in [1.82, 2.24) is 14.9 Å². The zero-order valence-corrected chi connectivity index (χ0v) is 15.3. The lowest BCUT2D eigenvalue weighted by Gasteiger charge is -2.33. The average Bonchev–Trinajstić information content (AvgIpc) is 3.10. The standard InChI is InChI=1S/C18H23BrN4O/c19-14-1-2-17-16(9-14)18(21-12-20-17)22-15-3-6-23(7-4-15)10-13-5-8-24-11-13/h1-2,9,12-13,15H,3-8,10-11H2,(H,20,21,22). The van der Waals surface area contributed by atoms with E-state index in [1.54, 1.807) is 6.33 Å². The molecule has 2 saturated heterocycles. The van der Waals surface area contributed by atoms with Crippen molar-refractivity contribution in [3.8, 4) is 0 Å². The van der Waals surface area contributed by atoms with Crippen molar-refractivity contribution in [2.75, 3.05) is 38.2 Å². The molecule has 0 spiro atoms. The van der Waals surface area contributed by atoms with E-state index in [4.69, 9.17) is 4.74 Å². The summed E-state index contributed by atoms with van der Waals surface area (Å²) >= 11 is 3.54. The summed E-state index contributed by atoms with van der Waals surface area (Å²) in [5.74, 6) is 1.68. The van der Waals surface area contributed by atoms with Gasteiger partial charge < -0.3 is 15.0 Å². The third kappa shape index (κ3) is 3.71. The van der Waals surface area contributed by atoms with Gasteiger partial charge in [0.25, 0.3) is 0 Å². The van der Waals surface area contributed by atoms with Crippen molar-refractivity contribution >= 4 is 32.7 Å². The van der Waals surface area contributed by atoms with E-state index in [1.807, 2.05) is 12.1 Å². The minimum Gasteiger partial charge on any atom is -0.381 e. The summed E-state index contributed by atoms with van der Waals surface area (Å²) in [5, 5.41) is 4.72. The maximum atomic E-state index is 5.49. The van der Waals surface area contributed by atoms with E-state index in [0.29, 0.717) is 6.04 Å². The topological polar surface area (TPSA) is 50.3 Å². The molecule has 0 bridgehead atoms. The maximum Gasteiger partial charge on any atom is 0.137 e. The molecule has 1 atom stereocenters. The number of piperidine rings is 1. The molecule has 4 rings (SSSR count). The van der Waals surface area contributed by atoms with E-state index < -0.39 is 0 Å². The van der Waals surface area contributed by atoms with E-state index in [2.05, 4.69) is 42.2 Å². The molecular weight excluding hydrogens is 368 g/mol. The number of ether oxygens (including phenoxy) is 1. The van der Waals surface area contributed by atoms with Crippen LogP contribution < -0.4 is 5.32 Å². The third-order valence-electron chi connectivity index (χ3n) is 5.07. The predicted octanol–water partition coefficient (Wildman–Crippen LogP) is 3.31. The van der Waals surface area contributed by atoms with E-state index in [9.17, 15) is 0 Å². The van der Waals surface area contributed by atoms with Crippen LogP contribution in [0, 0.1) is 5.92 Å². The summed E-state index contributed by atoms with van der Waals surface area (Å²) in [6.07, 6.45) is 5.19. The number of nitrogens with one attached hydrogen (secondary N) is 1. The van der Waals surface area contributed by atoms with Crippen molar-refractivity contribution in [2.45, 2.75) is 25.3 Å². The van der Waals surface area contributed by atoms with Gasteiger partial charge in [0, 0.05) is 42.1 Å². The zero-order chi connectivity index (χ0) is 16.4. The highest BCUT2D eigenvalue weighted by molar-refractivity contribution is 9.10. The summed E-state index contributed by atoms with van der Waals surface area (Å²) in [6.45, 7) is 5.39. The van der Waals surface area contributed by atoms with Crippen LogP contribution in [0.15, 0.2) is 29.0 Å². The molecule has 0 radical (unpaired) electrons. The lowest BCUT2D eigenvalue weighted by Crippen LogP contribution is -2.41. The van der Waals surface area contributed by atoms with Crippen molar-refractivity contribution in [1.29, 1.82) is 0 Å². The second-order valence-electron chi connectivity index (χ2n) is 6.83. The minimum absolute atomic E-state index is 0.484. The molecule has 1 unspecified atom stereocenters. The van der Waals surface area contributed by atoms with Gasteiger partial charge in [-0.2, -0.15) is 0 Å². The molecule has 24 heavy (non-hydrogen) atoms. The van der Waals surface area contributed by atoms with Crippen molar-refractivity contribution < 1.29 is 4.74 Å². The molecule has 5 nitrogen and oxygen atoms in total. The number of benzene rings is 1. The van der Waals surface area contributed by atoms with Gasteiger partial charge in [-0.1, -0.05) is 15.9 Å². The van der Waals surface area contributed by atoms with Crippen LogP contribution in [0.5, 0.6) is 0 Å². The van der Waals surface area contributed by atoms with Crippen LogP contribution in [0.3, 0.4) is 0 Å². The van der Waals surface area contributed by atoms with Crippen LogP contribution in [-0.4, -0.2) is 53.8 Å². The highest BCUT2D eigenvalue weighted by Gasteiger charge is 2.24. The number of halogens is 1. The van der Waals surface area contributed by atoms with Crippen molar-refractivity contribution in [3.05, 3.63) is 29.0 Å². The molecule has 128 valence electrons. The van der Waals surface area contributed by atoms with E-state index in [-0.39, 0.29) is 0 Å².